The van der Waals surface area contributed by atoms with Crippen molar-refractivity contribution in [1.82, 2.24) is 10.1 Å². The first kappa shape index (κ1) is 9.88. The van der Waals surface area contributed by atoms with Gasteiger partial charge < -0.3 is 14.6 Å². The summed E-state index contributed by atoms with van der Waals surface area (Å²) in [7, 11) is -1.46. The Labute approximate surface area is 86.5 Å². The second-order valence-corrected chi connectivity index (χ2v) is 3.14. The monoisotopic (exact) mass is 204 g/mol. The Morgan fingerprint density at radius 2 is 1.87 bits per heavy atom. The van der Waals surface area contributed by atoms with Crippen LogP contribution in [0.1, 0.15) is 5.82 Å². The van der Waals surface area contributed by atoms with Crippen molar-refractivity contribution in [3.63, 3.8) is 0 Å². The standard InChI is InChI=1S/C9H9BN2O3/c1-6-11-9(15-12-6)7-2-4-8(5-3-7)10(13)14/h2-5,13-14H,1H3. The summed E-state index contributed by atoms with van der Waals surface area (Å²) in [5.74, 6) is 0.989. The van der Waals surface area contributed by atoms with Crippen LogP contribution in [0.3, 0.4) is 0 Å². The fourth-order valence-corrected chi connectivity index (χ4v) is 1.21. The molecule has 0 saturated heterocycles. The fourth-order valence-electron chi connectivity index (χ4n) is 1.21. The highest BCUT2D eigenvalue weighted by atomic mass is 16.5. The quantitative estimate of drug-likeness (QED) is 0.658. The topological polar surface area (TPSA) is 79.4 Å². The molecule has 0 aliphatic rings. The number of benzene rings is 1. The largest absolute Gasteiger partial charge is 0.488 e. The molecule has 0 unspecified atom stereocenters. The third-order valence-corrected chi connectivity index (χ3v) is 1.98. The lowest BCUT2D eigenvalue weighted by Crippen LogP contribution is -2.29. The number of hydrogen-bond donors (Lipinski definition) is 2. The van der Waals surface area contributed by atoms with E-state index < -0.39 is 7.12 Å². The molecular formula is C9H9BN2O3. The normalized spacial score (nSPS) is 10.3. The van der Waals surface area contributed by atoms with Gasteiger partial charge in [-0.3, -0.25) is 0 Å². The maximum absolute atomic E-state index is 8.89. The minimum atomic E-state index is -1.46. The van der Waals surface area contributed by atoms with Crippen molar-refractivity contribution in [2.45, 2.75) is 6.92 Å². The molecule has 2 rings (SSSR count). The van der Waals surface area contributed by atoms with E-state index in [4.69, 9.17) is 14.6 Å². The summed E-state index contributed by atoms with van der Waals surface area (Å²) in [4.78, 5) is 4.05. The first-order valence-electron chi connectivity index (χ1n) is 4.43. The van der Waals surface area contributed by atoms with Gasteiger partial charge in [0.2, 0.25) is 0 Å². The summed E-state index contributed by atoms with van der Waals surface area (Å²) in [6, 6.07) is 6.59. The van der Waals surface area contributed by atoms with Crippen LogP contribution >= 0.6 is 0 Å². The molecule has 0 aliphatic carbocycles. The highest BCUT2D eigenvalue weighted by Gasteiger charge is 2.11. The van der Waals surface area contributed by atoms with Gasteiger partial charge in [-0.05, 0) is 24.5 Å². The van der Waals surface area contributed by atoms with Crippen LogP contribution in [0.2, 0.25) is 0 Å². The second-order valence-electron chi connectivity index (χ2n) is 3.14. The molecule has 5 nitrogen and oxygen atoms in total. The van der Waals surface area contributed by atoms with Crippen LogP contribution in [0.4, 0.5) is 0 Å². The zero-order valence-corrected chi connectivity index (χ0v) is 8.08. The maximum Gasteiger partial charge on any atom is 0.488 e. The lowest BCUT2D eigenvalue weighted by molar-refractivity contribution is 0.424. The Bertz CT molecular complexity index is 453. The third kappa shape index (κ3) is 2.06. The minimum absolute atomic E-state index is 0.423. The first-order chi connectivity index (χ1) is 7.16. The Hall–Kier alpha value is -1.66. The Morgan fingerprint density at radius 1 is 1.20 bits per heavy atom. The smallest absolute Gasteiger partial charge is 0.423 e. The van der Waals surface area contributed by atoms with E-state index in [2.05, 4.69) is 10.1 Å². The van der Waals surface area contributed by atoms with Gasteiger partial charge in [-0.1, -0.05) is 17.3 Å². The lowest BCUT2D eigenvalue weighted by atomic mass is 9.80. The summed E-state index contributed by atoms with van der Waals surface area (Å²) in [6.45, 7) is 1.73. The number of hydrogen-bond acceptors (Lipinski definition) is 5. The van der Waals surface area contributed by atoms with E-state index in [1.165, 1.54) is 0 Å². The Kier molecular flexibility index (Phi) is 2.53. The van der Waals surface area contributed by atoms with E-state index in [0.29, 0.717) is 17.2 Å². The predicted octanol–water partition coefficient (Wildman–Crippen LogP) is -0.275. The molecule has 0 spiro atoms. The molecule has 15 heavy (non-hydrogen) atoms. The van der Waals surface area contributed by atoms with Crippen molar-refractivity contribution < 1.29 is 14.6 Å². The Morgan fingerprint density at radius 3 is 2.33 bits per heavy atom. The van der Waals surface area contributed by atoms with E-state index in [9.17, 15) is 0 Å². The predicted molar refractivity (Wildman–Crippen MR) is 54.3 cm³/mol. The lowest BCUT2D eigenvalue weighted by Gasteiger charge is -1.99. The van der Waals surface area contributed by atoms with E-state index >= 15 is 0 Å². The molecule has 0 fully saturated rings. The fraction of sp³-hybridized carbons (Fsp3) is 0.111. The molecular weight excluding hydrogens is 195 g/mol. The van der Waals surface area contributed by atoms with Gasteiger partial charge in [-0.2, -0.15) is 4.98 Å². The molecule has 0 aliphatic heterocycles. The van der Waals surface area contributed by atoms with Crippen molar-refractivity contribution in [3.8, 4) is 11.5 Å². The van der Waals surface area contributed by atoms with E-state index in [1.807, 2.05) is 0 Å². The zero-order valence-electron chi connectivity index (χ0n) is 8.08. The van der Waals surface area contributed by atoms with Crippen molar-refractivity contribution in [2.75, 3.05) is 0 Å². The summed E-state index contributed by atoms with van der Waals surface area (Å²) < 4.78 is 4.96. The number of nitrogens with zero attached hydrogens (tertiary/aromatic N) is 2. The van der Waals surface area contributed by atoms with E-state index in [1.54, 1.807) is 31.2 Å². The first-order valence-corrected chi connectivity index (χ1v) is 4.43. The van der Waals surface area contributed by atoms with Gasteiger partial charge in [-0.15, -0.1) is 0 Å². The number of aromatic nitrogens is 2. The van der Waals surface area contributed by atoms with Gasteiger partial charge in [0, 0.05) is 5.56 Å². The van der Waals surface area contributed by atoms with Crippen molar-refractivity contribution in [3.05, 3.63) is 30.1 Å². The summed E-state index contributed by atoms with van der Waals surface area (Å²) in [6.07, 6.45) is 0. The van der Waals surface area contributed by atoms with Gasteiger partial charge in [0.1, 0.15) is 0 Å². The highest BCUT2D eigenvalue weighted by Crippen LogP contribution is 2.14. The summed E-state index contributed by atoms with van der Waals surface area (Å²) in [5, 5.41) is 21.5. The molecule has 1 heterocycles. The van der Waals surface area contributed by atoms with Gasteiger partial charge in [0.25, 0.3) is 5.89 Å². The van der Waals surface area contributed by atoms with E-state index in [0.717, 1.165) is 5.56 Å². The van der Waals surface area contributed by atoms with Crippen LogP contribution in [0.15, 0.2) is 28.8 Å². The van der Waals surface area contributed by atoms with Crippen LogP contribution in [-0.4, -0.2) is 27.3 Å². The SMILES string of the molecule is Cc1noc(-c2ccc(B(O)O)cc2)n1. The maximum atomic E-state index is 8.89. The highest BCUT2D eigenvalue weighted by molar-refractivity contribution is 6.58. The Balaban J connectivity index is 2.31. The second kappa shape index (κ2) is 3.84. The zero-order chi connectivity index (χ0) is 10.8. The molecule has 1 aromatic carbocycles. The molecule has 0 atom stereocenters. The summed E-state index contributed by atoms with van der Waals surface area (Å²) in [5.41, 5.74) is 1.18. The van der Waals surface area contributed by atoms with Crippen LogP contribution in [0, 0.1) is 6.92 Å². The van der Waals surface area contributed by atoms with Gasteiger partial charge >= 0.3 is 7.12 Å². The van der Waals surface area contributed by atoms with E-state index in [-0.39, 0.29) is 0 Å². The molecule has 2 aromatic rings. The van der Waals surface area contributed by atoms with Crippen LogP contribution in [-0.2, 0) is 0 Å². The molecule has 0 saturated carbocycles. The molecule has 2 N–H and O–H groups in total. The van der Waals surface area contributed by atoms with Crippen LogP contribution in [0.5, 0.6) is 0 Å². The van der Waals surface area contributed by atoms with Crippen molar-refractivity contribution in [1.29, 1.82) is 0 Å². The number of rotatable bonds is 2. The number of aryl methyl sites for hydroxylation is 1. The van der Waals surface area contributed by atoms with Gasteiger partial charge in [0.15, 0.2) is 5.82 Å². The molecule has 0 amide bonds. The third-order valence-electron chi connectivity index (χ3n) is 1.98. The molecule has 6 heteroatoms. The summed E-state index contributed by atoms with van der Waals surface area (Å²) >= 11 is 0. The van der Waals surface area contributed by atoms with Gasteiger partial charge in [0.05, 0.1) is 0 Å². The van der Waals surface area contributed by atoms with Crippen LogP contribution in [0.25, 0.3) is 11.5 Å². The van der Waals surface area contributed by atoms with Crippen molar-refractivity contribution >= 4 is 12.6 Å². The molecule has 0 bridgehead atoms. The minimum Gasteiger partial charge on any atom is -0.423 e. The molecule has 1 aromatic heterocycles. The van der Waals surface area contributed by atoms with Crippen LogP contribution < -0.4 is 5.46 Å². The molecule has 0 radical (unpaired) electrons. The molecule has 76 valence electrons. The average Bonchev–Trinajstić information content (AvgIpc) is 2.65. The average molecular weight is 204 g/mol. The van der Waals surface area contributed by atoms with Gasteiger partial charge in [-0.25, -0.2) is 0 Å². The van der Waals surface area contributed by atoms with Crippen molar-refractivity contribution in [2.24, 2.45) is 0 Å².